The summed E-state index contributed by atoms with van der Waals surface area (Å²) in [6.45, 7) is 3.21. The fourth-order valence-corrected chi connectivity index (χ4v) is 5.13. The van der Waals surface area contributed by atoms with Crippen molar-refractivity contribution in [3.63, 3.8) is 0 Å². The van der Waals surface area contributed by atoms with Gasteiger partial charge in [-0.1, -0.05) is 0 Å². The van der Waals surface area contributed by atoms with Gasteiger partial charge in [0.15, 0.2) is 5.96 Å². The molecule has 1 N–H and O–H groups in total. The second kappa shape index (κ2) is 8.28. The molecular weight excluding hydrogens is 348 g/mol. The largest absolute Gasteiger partial charge is 0.384 e. The minimum Gasteiger partial charge on any atom is -0.384 e. The smallest absolute Gasteiger partial charge is 0.252 e. The molecule has 2 heterocycles. The van der Waals surface area contributed by atoms with Crippen LogP contribution in [-0.4, -0.2) is 71.5 Å². The van der Waals surface area contributed by atoms with Gasteiger partial charge in [-0.05, 0) is 18.6 Å². The monoisotopic (exact) mass is 374 g/mol. The molecule has 7 nitrogen and oxygen atoms in total. The lowest BCUT2D eigenvalue weighted by Gasteiger charge is -2.21. The molecule has 1 fully saturated rings. The van der Waals surface area contributed by atoms with Crippen molar-refractivity contribution in [1.82, 2.24) is 14.5 Å². The number of hydrogen-bond donors (Lipinski definition) is 1. The van der Waals surface area contributed by atoms with Gasteiger partial charge in [-0.15, -0.1) is 11.3 Å². The van der Waals surface area contributed by atoms with Crippen molar-refractivity contribution < 1.29 is 13.2 Å². The van der Waals surface area contributed by atoms with E-state index in [0.717, 1.165) is 37.0 Å². The van der Waals surface area contributed by atoms with Crippen molar-refractivity contribution in [3.8, 4) is 0 Å². The molecule has 1 aliphatic heterocycles. The highest BCUT2D eigenvalue weighted by molar-refractivity contribution is 7.91. The quantitative estimate of drug-likeness (QED) is 0.595. The number of thiophene rings is 1. The van der Waals surface area contributed by atoms with Crippen molar-refractivity contribution >= 4 is 27.3 Å². The average Bonchev–Trinajstić information content (AvgIpc) is 3.18. The van der Waals surface area contributed by atoms with E-state index in [1.165, 1.54) is 15.6 Å². The highest BCUT2D eigenvalue weighted by Crippen LogP contribution is 2.24. The zero-order chi connectivity index (χ0) is 17.7. The van der Waals surface area contributed by atoms with Crippen molar-refractivity contribution in [3.05, 3.63) is 17.0 Å². The van der Waals surface area contributed by atoms with Gasteiger partial charge >= 0.3 is 0 Å². The summed E-state index contributed by atoms with van der Waals surface area (Å²) in [4.78, 5) is 7.51. The normalized spacial score (nSPS) is 19.3. The first-order chi connectivity index (χ1) is 11.4. The molecule has 9 heteroatoms. The van der Waals surface area contributed by atoms with Crippen LogP contribution in [0.15, 0.2) is 21.3 Å². The predicted molar refractivity (Wildman–Crippen MR) is 96.9 cm³/mol. The lowest BCUT2D eigenvalue weighted by atomic mass is 10.1. The van der Waals surface area contributed by atoms with E-state index in [1.807, 2.05) is 6.07 Å². The van der Waals surface area contributed by atoms with Gasteiger partial charge in [0.1, 0.15) is 4.21 Å². The third-order valence-electron chi connectivity index (χ3n) is 3.99. The number of nitrogens with zero attached hydrogens (tertiary/aromatic N) is 3. The Bertz CT molecular complexity index is 670. The van der Waals surface area contributed by atoms with Gasteiger partial charge in [-0.2, -0.15) is 0 Å². The number of aliphatic imine (C=N–C) groups is 1. The number of hydrogen-bond acceptors (Lipinski definition) is 5. The highest BCUT2D eigenvalue weighted by atomic mass is 32.2. The Labute approximate surface area is 148 Å². The van der Waals surface area contributed by atoms with Crippen LogP contribution in [0.2, 0.25) is 0 Å². The summed E-state index contributed by atoms with van der Waals surface area (Å²) in [5.74, 6) is 1.38. The van der Waals surface area contributed by atoms with Crippen LogP contribution in [0.5, 0.6) is 0 Å². The molecule has 2 rings (SSSR count). The van der Waals surface area contributed by atoms with Crippen LogP contribution in [-0.2, 0) is 21.3 Å². The van der Waals surface area contributed by atoms with Gasteiger partial charge < -0.3 is 15.0 Å². The highest BCUT2D eigenvalue weighted by Gasteiger charge is 2.25. The van der Waals surface area contributed by atoms with Gasteiger partial charge in [-0.25, -0.2) is 12.7 Å². The standard InChI is InChI=1S/C15H26N4O3S2/c1-16-15(19-8-7-12(10-19)11-22-4)17-9-13-5-6-14(23-13)24(20,21)18(2)3/h5-6,12H,7-11H2,1-4H3,(H,16,17). The summed E-state index contributed by atoms with van der Waals surface area (Å²) < 4.78 is 31.1. The maximum absolute atomic E-state index is 12.1. The molecule has 0 spiro atoms. The Morgan fingerprint density at radius 3 is 2.88 bits per heavy atom. The summed E-state index contributed by atoms with van der Waals surface area (Å²) in [5, 5.41) is 3.32. The van der Waals surface area contributed by atoms with Gasteiger partial charge in [0.05, 0.1) is 13.2 Å². The molecule has 0 amide bonds. The molecule has 0 saturated carbocycles. The zero-order valence-corrected chi connectivity index (χ0v) is 16.3. The molecule has 136 valence electrons. The van der Waals surface area contributed by atoms with E-state index in [0.29, 0.717) is 16.7 Å². The van der Waals surface area contributed by atoms with E-state index in [4.69, 9.17) is 4.74 Å². The van der Waals surface area contributed by atoms with Crippen molar-refractivity contribution in [2.45, 2.75) is 17.2 Å². The lowest BCUT2D eigenvalue weighted by molar-refractivity contribution is 0.157. The number of guanidine groups is 1. The van der Waals surface area contributed by atoms with Gasteiger partial charge in [0.25, 0.3) is 10.0 Å². The van der Waals surface area contributed by atoms with Crippen molar-refractivity contribution in [2.24, 2.45) is 10.9 Å². The Kier molecular flexibility index (Phi) is 6.62. The average molecular weight is 375 g/mol. The molecular formula is C15H26N4O3S2. The molecule has 1 aromatic rings. The van der Waals surface area contributed by atoms with Crippen LogP contribution in [0.4, 0.5) is 0 Å². The number of rotatable bonds is 6. The third-order valence-corrected chi connectivity index (χ3v) is 7.36. The summed E-state index contributed by atoms with van der Waals surface area (Å²) in [6, 6.07) is 3.50. The molecule has 0 bridgehead atoms. The maximum Gasteiger partial charge on any atom is 0.252 e. The van der Waals surface area contributed by atoms with E-state index in [9.17, 15) is 8.42 Å². The zero-order valence-electron chi connectivity index (χ0n) is 14.7. The molecule has 1 aromatic heterocycles. The number of sulfonamides is 1. The minimum absolute atomic E-state index is 0.362. The number of ether oxygens (including phenoxy) is 1. The molecule has 0 radical (unpaired) electrons. The van der Waals surface area contributed by atoms with Gasteiger partial charge in [-0.3, -0.25) is 4.99 Å². The Hall–Kier alpha value is -1.16. The Balaban J connectivity index is 1.94. The van der Waals surface area contributed by atoms with Crippen LogP contribution < -0.4 is 5.32 Å². The number of nitrogens with one attached hydrogen (secondary N) is 1. The summed E-state index contributed by atoms with van der Waals surface area (Å²) in [7, 11) is 3.21. The second-order valence-corrected chi connectivity index (χ2v) is 9.51. The summed E-state index contributed by atoms with van der Waals surface area (Å²) in [5.41, 5.74) is 0. The van der Waals surface area contributed by atoms with E-state index >= 15 is 0 Å². The van der Waals surface area contributed by atoms with Crippen LogP contribution in [0.25, 0.3) is 0 Å². The molecule has 1 saturated heterocycles. The Morgan fingerprint density at radius 1 is 1.50 bits per heavy atom. The van der Waals surface area contributed by atoms with Gasteiger partial charge in [0.2, 0.25) is 0 Å². The Morgan fingerprint density at radius 2 is 2.25 bits per heavy atom. The van der Waals surface area contributed by atoms with Crippen molar-refractivity contribution in [2.75, 3.05) is 47.9 Å². The third kappa shape index (κ3) is 4.47. The van der Waals surface area contributed by atoms with E-state index < -0.39 is 10.0 Å². The van der Waals surface area contributed by atoms with Crippen molar-refractivity contribution in [1.29, 1.82) is 0 Å². The molecule has 1 aliphatic rings. The van der Waals surface area contributed by atoms with Crippen LogP contribution >= 0.6 is 11.3 Å². The molecule has 24 heavy (non-hydrogen) atoms. The van der Waals surface area contributed by atoms with Crippen LogP contribution in [0.3, 0.4) is 0 Å². The second-order valence-electron chi connectivity index (χ2n) is 5.96. The first-order valence-corrected chi connectivity index (χ1v) is 10.1. The van der Waals surface area contributed by atoms with E-state index in [-0.39, 0.29) is 0 Å². The SMILES string of the molecule is CN=C(NCc1ccc(S(=O)(=O)N(C)C)s1)N1CCC(COC)C1. The van der Waals surface area contributed by atoms with E-state index in [2.05, 4.69) is 15.2 Å². The minimum atomic E-state index is -3.36. The number of likely N-dealkylation sites (tertiary alicyclic amines) is 1. The summed E-state index contributed by atoms with van der Waals surface area (Å²) >= 11 is 1.29. The lowest BCUT2D eigenvalue weighted by Crippen LogP contribution is -2.39. The van der Waals surface area contributed by atoms with E-state index in [1.54, 1.807) is 34.3 Å². The fourth-order valence-electron chi connectivity index (χ4n) is 2.67. The summed E-state index contributed by atoms with van der Waals surface area (Å²) in [6.07, 6.45) is 1.10. The molecule has 0 aromatic carbocycles. The van der Waals surface area contributed by atoms with Crippen LogP contribution in [0, 0.1) is 5.92 Å². The fraction of sp³-hybridized carbons (Fsp3) is 0.667. The first kappa shape index (κ1) is 19.2. The molecule has 1 atom stereocenters. The first-order valence-electron chi connectivity index (χ1n) is 7.84. The maximum atomic E-state index is 12.1. The van der Waals surface area contributed by atoms with Gasteiger partial charge in [0, 0.05) is 52.1 Å². The molecule has 0 aliphatic carbocycles. The predicted octanol–water partition coefficient (Wildman–Crippen LogP) is 1.04. The molecule has 1 unspecified atom stereocenters. The topological polar surface area (TPSA) is 74.2 Å². The van der Waals surface area contributed by atoms with Crippen LogP contribution in [0.1, 0.15) is 11.3 Å². The number of methoxy groups -OCH3 is 1.